The molecule has 128 valence electrons. The van der Waals surface area contributed by atoms with Crippen molar-refractivity contribution in [2.45, 2.75) is 33.6 Å². The number of amides is 1. The van der Waals surface area contributed by atoms with Gasteiger partial charge in [0.05, 0.1) is 11.8 Å². The number of hydrogen-bond donors (Lipinski definition) is 2. The molecule has 0 radical (unpaired) electrons. The third-order valence-electron chi connectivity index (χ3n) is 5.45. The smallest absolute Gasteiger partial charge is 0.307 e. The Morgan fingerprint density at radius 3 is 2.33 bits per heavy atom. The van der Waals surface area contributed by atoms with Gasteiger partial charge in [0.25, 0.3) is 0 Å². The molecule has 4 nitrogen and oxygen atoms in total. The van der Waals surface area contributed by atoms with Gasteiger partial charge in [-0.2, -0.15) is 0 Å². The van der Waals surface area contributed by atoms with Crippen molar-refractivity contribution in [1.82, 2.24) is 0 Å². The maximum Gasteiger partial charge on any atom is 0.307 e. The van der Waals surface area contributed by atoms with E-state index >= 15 is 0 Å². The van der Waals surface area contributed by atoms with Gasteiger partial charge in [-0.05, 0) is 63.1 Å². The lowest BCUT2D eigenvalue weighted by Gasteiger charge is -2.26. The number of carbonyl (C=O) groups excluding carboxylic acids is 1. The Kier molecular flexibility index (Phi) is 4.43. The van der Waals surface area contributed by atoms with Crippen molar-refractivity contribution in [2.75, 3.05) is 5.32 Å². The summed E-state index contributed by atoms with van der Waals surface area (Å²) in [5.41, 5.74) is 3.89. The molecule has 2 aliphatic rings. The molecule has 5 heteroatoms. The van der Waals surface area contributed by atoms with Gasteiger partial charge in [-0.25, -0.2) is 0 Å². The van der Waals surface area contributed by atoms with Gasteiger partial charge < -0.3 is 10.4 Å². The number of fused-ring (bicyclic) bond motifs is 2. The number of allylic oxidation sites excluding steroid dienone is 2. The van der Waals surface area contributed by atoms with Crippen LogP contribution >= 0.6 is 11.6 Å². The quantitative estimate of drug-likeness (QED) is 0.802. The molecule has 0 spiro atoms. The van der Waals surface area contributed by atoms with Crippen LogP contribution < -0.4 is 5.32 Å². The van der Waals surface area contributed by atoms with Crippen molar-refractivity contribution in [3.63, 3.8) is 0 Å². The lowest BCUT2D eigenvalue weighted by atomic mass is 9.78. The zero-order chi connectivity index (χ0) is 17.6. The van der Waals surface area contributed by atoms with Crippen molar-refractivity contribution in [1.29, 1.82) is 0 Å². The maximum atomic E-state index is 12.8. The van der Waals surface area contributed by atoms with Crippen molar-refractivity contribution >= 4 is 29.2 Å². The Balaban J connectivity index is 1.89. The van der Waals surface area contributed by atoms with Crippen LogP contribution in [-0.4, -0.2) is 17.0 Å². The molecule has 0 unspecified atom stereocenters. The van der Waals surface area contributed by atoms with E-state index in [1.807, 2.05) is 26.8 Å². The summed E-state index contributed by atoms with van der Waals surface area (Å²) in [4.78, 5) is 24.6. The van der Waals surface area contributed by atoms with Crippen LogP contribution in [0, 0.1) is 30.6 Å². The summed E-state index contributed by atoms with van der Waals surface area (Å²) in [7, 11) is 0. The topological polar surface area (TPSA) is 66.4 Å². The molecule has 2 aliphatic carbocycles. The second-order valence-corrected chi connectivity index (χ2v) is 7.50. The molecule has 0 heterocycles. The van der Waals surface area contributed by atoms with Crippen LogP contribution in [0.1, 0.15) is 32.3 Å². The van der Waals surface area contributed by atoms with Gasteiger partial charge in [-0.3, -0.25) is 9.59 Å². The fourth-order valence-corrected chi connectivity index (χ4v) is 4.68. The number of halogens is 1. The molecule has 24 heavy (non-hydrogen) atoms. The van der Waals surface area contributed by atoms with Crippen LogP contribution in [0.25, 0.3) is 0 Å². The highest BCUT2D eigenvalue weighted by atomic mass is 35.5. The molecular formula is C19H22ClNO3. The van der Waals surface area contributed by atoms with E-state index in [2.05, 4.69) is 5.32 Å². The Bertz CT molecular complexity index is 736. The second kappa shape index (κ2) is 6.25. The van der Waals surface area contributed by atoms with Crippen molar-refractivity contribution < 1.29 is 14.7 Å². The molecule has 1 aromatic rings. The average molecular weight is 348 g/mol. The van der Waals surface area contributed by atoms with E-state index < -0.39 is 17.8 Å². The SMILES string of the molecule is CC(C)=C1[C@H]2CC[C@@H]1[C@@H](C(=O)Nc1ccc(C)c(Cl)c1)[C@@H]2C(=O)O. The van der Waals surface area contributed by atoms with Crippen LogP contribution in [0.4, 0.5) is 5.69 Å². The van der Waals surface area contributed by atoms with Crippen molar-refractivity contribution in [2.24, 2.45) is 23.7 Å². The zero-order valence-electron chi connectivity index (χ0n) is 14.1. The summed E-state index contributed by atoms with van der Waals surface area (Å²) in [5, 5.41) is 13.1. The number of rotatable bonds is 3. The van der Waals surface area contributed by atoms with Gasteiger partial charge in [0.2, 0.25) is 5.91 Å². The van der Waals surface area contributed by atoms with E-state index in [0.29, 0.717) is 10.7 Å². The minimum absolute atomic E-state index is 0.00476. The average Bonchev–Trinajstić information content (AvgIpc) is 3.06. The zero-order valence-corrected chi connectivity index (χ0v) is 14.9. The van der Waals surface area contributed by atoms with E-state index in [1.165, 1.54) is 5.57 Å². The summed E-state index contributed by atoms with van der Waals surface area (Å²) < 4.78 is 0. The highest BCUT2D eigenvalue weighted by Crippen LogP contribution is 2.57. The fraction of sp³-hybridized carbons (Fsp3) is 0.474. The van der Waals surface area contributed by atoms with Crippen molar-refractivity contribution in [3.8, 4) is 0 Å². The molecule has 0 aliphatic heterocycles. The van der Waals surface area contributed by atoms with Crippen LogP contribution in [0.5, 0.6) is 0 Å². The highest BCUT2D eigenvalue weighted by molar-refractivity contribution is 6.31. The molecule has 0 saturated heterocycles. The molecular weight excluding hydrogens is 326 g/mol. The number of hydrogen-bond acceptors (Lipinski definition) is 2. The lowest BCUT2D eigenvalue weighted by molar-refractivity contribution is -0.148. The monoisotopic (exact) mass is 347 g/mol. The Labute approximate surface area is 146 Å². The third-order valence-corrected chi connectivity index (χ3v) is 5.85. The van der Waals surface area contributed by atoms with Crippen LogP contribution in [0.3, 0.4) is 0 Å². The first-order valence-corrected chi connectivity index (χ1v) is 8.66. The molecule has 2 N–H and O–H groups in total. The number of aryl methyl sites for hydroxylation is 1. The number of nitrogens with one attached hydrogen (secondary N) is 1. The minimum atomic E-state index is -0.872. The number of carboxylic acid groups (broad SMARTS) is 1. The summed E-state index contributed by atoms with van der Waals surface area (Å²) in [6, 6.07) is 5.35. The predicted octanol–water partition coefficient (Wildman–Crippen LogP) is 4.28. The van der Waals surface area contributed by atoms with E-state index in [9.17, 15) is 14.7 Å². The summed E-state index contributed by atoms with van der Waals surface area (Å²) in [6.07, 6.45) is 1.75. The second-order valence-electron chi connectivity index (χ2n) is 7.09. The summed E-state index contributed by atoms with van der Waals surface area (Å²) in [5.74, 6) is -2.19. The molecule has 1 aromatic carbocycles. The largest absolute Gasteiger partial charge is 0.481 e. The van der Waals surface area contributed by atoms with Gasteiger partial charge in [-0.1, -0.05) is 28.8 Å². The molecule has 0 aromatic heterocycles. The maximum absolute atomic E-state index is 12.8. The van der Waals surface area contributed by atoms with E-state index in [4.69, 9.17) is 11.6 Å². The van der Waals surface area contributed by atoms with E-state index in [-0.39, 0.29) is 17.7 Å². The number of carboxylic acids is 1. The normalized spacial score (nSPS) is 28.1. The fourth-order valence-electron chi connectivity index (χ4n) is 4.50. The highest BCUT2D eigenvalue weighted by Gasteiger charge is 2.57. The van der Waals surface area contributed by atoms with E-state index in [1.54, 1.807) is 12.1 Å². The van der Waals surface area contributed by atoms with Gasteiger partial charge in [0.1, 0.15) is 0 Å². The number of aliphatic carboxylic acids is 1. The molecule has 2 fully saturated rings. The number of anilines is 1. The molecule has 4 atom stereocenters. The molecule has 2 saturated carbocycles. The first-order chi connectivity index (χ1) is 11.3. The standard InChI is InChI=1S/C19H22ClNO3/c1-9(2)15-12-6-7-13(15)17(19(23)24)16(12)18(22)21-11-5-4-10(3)14(20)8-11/h4-5,8,12-13,16-17H,6-7H2,1-3H3,(H,21,22)(H,23,24)/t12-,13+,16+,17+/m0/s1. The first kappa shape index (κ1) is 17.0. The van der Waals surface area contributed by atoms with Crippen LogP contribution in [-0.2, 0) is 9.59 Å². The Morgan fingerprint density at radius 1 is 1.17 bits per heavy atom. The van der Waals surface area contributed by atoms with Crippen molar-refractivity contribution in [3.05, 3.63) is 39.9 Å². The minimum Gasteiger partial charge on any atom is -0.481 e. The Hall–Kier alpha value is -1.81. The van der Waals surface area contributed by atoms with E-state index in [0.717, 1.165) is 24.0 Å². The summed E-state index contributed by atoms with van der Waals surface area (Å²) in [6.45, 7) is 5.92. The Morgan fingerprint density at radius 2 is 1.79 bits per heavy atom. The van der Waals surface area contributed by atoms with Gasteiger partial charge in [-0.15, -0.1) is 0 Å². The number of carbonyl (C=O) groups is 2. The molecule has 3 rings (SSSR count). The van der Waals surface area contributed by atoms with Crippen LogP contribution in [0.2, 0.25) is 5.02 Å². The number of benzene rings is 1. The third kappa shape index (κ3) is 2.73. The molecule has 1 amide bonds. The summed E-state index contributed by atoms with van der Waals surface area (Å²) >= 11 is 6.11. The van der Waals surface area contributed by atoms with Gasteiger partial charge in [0, 0.05) is 10.7 Å². The van der Waals surface area contributed by atoms with Crippen LogP contribution in [0.15, 0.2) is 29.3 Å². The van der Waals surface area contributed by atoms with Gasteiger partial charge in [0.15, 0.2) is 0 Å². The van der Waals surface area contributed by atoms with Gasteiger partial charge >= 0.3 is 5.97 Å². The predicted molar refractivity (Wildman–Crippen MR) is 94.0 cm³/mol. The lowest BCUT2D eigenvalue weighted by Crippen LogP contribution is -2.37. The molecule has 2 bridgehead atoms. The first-order valence-electron chi connectivity index (χ1n) is 8.28.